The molecule has 1 aromatic carbocycles. The summed E-state index contributed by atoms with van der Waals surface area (Å²) in [5, 5.41) is 8.77. The Bertz CT molecular complexity index is 413. The van der Waals surface area contributed by atoms with Gasteiger partial charge in [0.15, 0.2) is 0 Å². The summed E-state index contributed by atoms with van der Waals surface area (Å²) in [5.74, 6) is -1.28. The molecule has 0 amide bonds. The molecule has 0 atom stereocenters. The summed E-state index contributed by atoms with van der Waals surface area (Å²) < 4.78 is 12.9. The van der Waals surface area contributed by atoms with Crippen LogP contribution in [0, 0.1) is 5.82 Å². The van der Waals surface area contributed by atoms with Crippen LogP contribution in [0.15, 0.2) is 18.2 Å². The van der Waals surface area contributed by atoms with Crippen LogP contribution in [-0.2, 0) is 10.2 Å². The van der Waals surface area contributed by atoms with Crippen molar-refractivity contribution in [3.8, 4) is 0 Å². The lowest BCUT2D eigenvalue weighted by molar-refractivity contribution is -0.137. The minimum atomic E-state index is -0.824. The van der Waals surface area contributed by atoms with Gasteiger partial charge < -0.3 is 10.8 Å². The Morgan fingerprint density at radius 1 is 1.53 bits per heavy atom. The van der Waals surface area contributed by atoms with Crippen molar-refractivity contribution < 1.29 is 14.3 Å². The predicted molar refractivity (Wildman–Crippen MR) is 54.0 cm³/mol. The van der Waals surface area contributed by atoms with Crippen molar-refractivity contribution in [1.29, 1.82) is 0 Å². The Kier molecular flexibility index (Phi) is 2.14. The number of carboxylic acids is 1. The average Bonchev–Trinajstić information content (AvgIpc) is 2.89. The smallest absolute Gasteiger partial charge is 0.304 e. The van der Waals surface area contributed by atoms with Gasteiger partial charge in [-0.25, -0.2) is 4.39 Å². The van der Waals surface area contributed by atoms with Gasteiger partial charge in [0.1, 0.15) is 5.82 Å². The summed E-state index contributed by atoms with van der Waals surface area (Å²) in [7, 11) is 0. The molecule has 3 N–H and O–H groups in total. The molecule has 0 heterocycles. The van der Waals surface area contributed by atoms with Crippen LogP contribution in [0.5, 0.6) is 0 Å². The number of carbonyl (C=O) groups is 1. The summed E-state index contributed by atoms with van der Waals surface area (Å²) in [6.07, 6.45) is 1.77. The maximum Gasteiger partial charge on any atom is 0.304 e. The molecular weight excluding hydrogens is 197 g/mol. The molecule has 4 heteroatoms. The number of aliphatic carboxylic acids is 1. The van der Waals surface area contributed by atoms with E-state index in [4.69, 9.17) is 10.8 Å². The Hall–Kier alpha value is -1.58. The first-order valence-electron chi connectivity index (χ1n) is 4.81. The van der Waals surface area contributed by atoms with Gasteiger partial charge >= 0.3 is 5.97 Å². The maximum absolute atomic E-state index is 12.9. The van der Waals surface area contributed by atoms with E-state index in [0.29, 0.717) is 0 Å². The number of hydrogen-bond acceptors (Lipinski definition) is 2. The highest BCUT2D eigenvalue weighted by atomic mass is 19.1. The van der Waals surface area contributed by atoms with Gasteiger partial charge in [0.25, 0.3) is 0 Å². The molecule has 0 saturated heterocycles. The number of nitrogen functional groups attached to an aromatic ring is 1. The van der Waals surface area contributed by atoms with Gasteiger partial charge in [0, 0.05) is 5.41 Å². The lowest BCUT2D eigenvalue weighted by Gasteiger charge is -2.13. The second-order valence-corrected chi connectivity index (χ2v) is 4.09. The van der Waals surface area contributed by atoms with Crippen molar-refractivity contribution in [2.45, 2.75) is 24.7 Å². The van der Waals surface area contributed by atoms with Crippen molar-refractivity contribution in [2.24, 2.45) is 0 Å². The number of nitrogens with two attached hydrogens (primary N) is 1. The fourth-order valence-corrected chi connectivity index (χ4v) is 1.88. The van der Waals surface area contributed by atoms with E-state index in [-0.39, 0.29) is 17.5 Å². The third-order valence-electron chi connectivity index (χ3n) is 2.95. The van der Waals surface area contributed by atoms with Gasteiger partial charge in [0.2, 0.25) is 0 Å². The fraction of sp³-hybridized carbons (Fsp3) is 0.364. The third-order valence-corrected chi connectivity index (χ3v) is 2.95. The van der Waals surface area contributed by atoms with Gasteiger partial charge in [-0.1, -0.05) is 6.07 Å². The molecule has 80 valence electrons. The number of carboxylic acid groups (broad SMARTS) is 1. The van der Waals surface area contributed by atoms with E-state index < -0.39 is 11.8 Å². The molecule has 0 aliphatic heterocycles. The van der Waals surface area contributed by atoms with E-state index in [1.807, 2.05) is 0 Å². The van der Waals surface area contributed by atoms with Crippen LogP contribution >= 0.6 is 0 Å². The highest BCUT2D eigenvalue weighted by molar-refractivity contribution is 5.70. The molecule has 2 rings (SSSR count). The number of rotatable bonds is 3. The first-order chi connectivity index (χ1) is 7.03. The number of hydrogen-bond donors (Lipinski definition) is 2. The molecule has 1 aromatic rings. The summed E-state index contributed by atoms with van der Waals surface area (Å²) >= 11 is 0. The zero-order chi connectivity index (χ0) is 11.1. The highest BCUT2D eigenvalue weighted by Gasteiger charge is 2.46. The molecular formula is C11H12FNO2. The van der Waals surface area contributed by atoms with Crippen molar-refractivity contribution in [3.63, 3.8) is 0 Å². The second-order valence-electron chi connectivity index (χ2n) is 4.09. The maximum atomic E-state index is 12.9. The van der Waals surface area contributed by atoms with Crippen LogP contribution in [0.25, 0.3) is 0 Å². The molecule has 1 aliphatic rings. The summed E-state index contributed by atoms with van der Waals surface area (Å²) in [4.78, 5) is 10.7. The van der Waals surface area contributed by atoms with Crippen LogP contribution in [0.3, 0.4) is 0 Å². The van der Waals surface area contributed by atoms with E-state index in [0.717, 1.165) is 18.4 Å². The van der Waals surface area contributed by atoms with Crippen molar-refractivity contribution in [3.05, 3.63) is 29.6 Å². The zero-order valence-corrected chi connectivity index (χ0v) is 8.16. The van der Waals surface area contributed by atoms with Crippen LogP contribution in [0.1, 0.15) is 24.8 Å². The molecule has 15 heavy (non-hydrogen) atoms. The van der Waals surface area contributed by atoms with Gasteiger partial charge in [0.05, 0.1) is 12.1 Å². The Balaban J connectivity index is 2.29. The molecule has 0 bridgehead atoms. The minimum Gasteiger partial charge on any atom is -0.481 e. The van der Waals surface area contributed by atoms with Crippen molar-refractivity contribution in [1.82, 2.24) is 0 Å². The zero-order valence-electron chi connectivity index (χ0n) is 8.16. The van der Waals surface area contributed by atoms with Crippen LogP contribution in [0.4, 0.5) is 10.1 Å². The second kappa shape index (κ2) is 3.22. The standard InChI is InChI=1S/C11H12FNO2/c12-8-2-1-7(5-9(8)13)11(3-4-11)6-10(14)15/h1-2,5H,3-4,6,13H2,(H,14,15). The fourth-order valence-electron chi connectivity index (χ4n) is 1.88. The van der Waals surface area contributed by atoms with Crippen LogP contribution in [0.2, 0.25) is 0 Å². The first-order valence-corrected chi connectivity index (χ1v) is 4.81. The number of anilines is 1. The largest absolute Gasteiger partial charge is 0.481 e. The molecule has 1 saturated carbocycles. The van der Waals surface area contributed by atoms with Crippen molar-refractivity contribution in [2.75, 3.05) is 5.73 Å². The lowest BCUT2D eigenvalue weighted by atomic mass is 9.92. The molecule has 0 radical (unpaired) electrons. The number of halogens is 1. The quantitative estimate of drug-likeness (QED) is 0.747. The van der Waals surface area contributed by atoms with E-state index in [1.54, 1.807) is 12.1 Å². The molecule has 1 fully saturated rings. The third kappa shape index (κ3) is 1.79. The SMILES string of the molecule is Nc1cc(C2(CC(=O)O)CC2)ccc1F. The van der Waals surface area contributed by atoms with Gasteiger partial charge in [-0.3, -0.25) is 4.79 Å². The molecule has 3 nitrogen and oxygen atoms in total. The highest BCUT2D eigenvalue weighted by Crippen LogP contribution is 2.51. The van der Waals surface area contributed by atoms with Crippen LogP contribution < -0.4 is 5.73 Å². The Morgan fingerprint density at radius 2 is 2.20 bits per heavy atom. The lowest BCUT2D eigenvalue weighted by Crippen LogP contribution is -2.13. The van der Waals surface area contributed by atoms with E-state index >= 15 is 0 Å². The van der Waals surface area contributed by atoms with Crippen molar-refractivity contribution >= 4 is 11.7 Å². The first kappa shape index (κ1) is 9.96. The van der Waals surface area contributed by atoms with Gasteiger partial charge in [-0.15, -0.1) is 0 Å². The predicted octanol–water partition coefficient (Wildman–Crippen LogP) is 1.91. The average molecular weight is 209 g/mol. The minimum absolute atomic E-state index is 0.0872. The molecule has 1 aliphatic carbocycles. The monoisotopic (exact) mass is 209 g/mol. The number of benzene rings is 1. The Morgan fingerprint density at radius 3 is 2.67 bits per heavy atom. The summed E-state index contributed by atoms with van der Waals surface area (Å²) in [6.45, 7) is 0. The van der Waals surface area contributed by atoms with E-state index in [2.05, 4.69) is 0 Å². The van der Waals surface area contributed by atoms with E-state index in [9.17, 15) is 9.18 Å². The topological polar surface area (TPSA) is 63.3 Å². The molecule has 0 spiro atoms. The van der Waals surface area contributed by atoms with Gasteiger partial charge in [-0.2, -0.15) is 0 Å². The summed E-state index contributed by atoms with van der Waals surface area (Å²) in [5.41, 5.74) is 6.08. The molecule has 0 aromatic heterocycles. The van der Waals surface area contributed by atoms with E-state index in [1.165, 1.54) is 6.07 Å². The summed E-state index contributed by atoms with van der Waals surface area (Å²) in [6, 6.07) is 4.47. The van der Waals surface area contributed by atoms with Crippen LogP contribution in [-0.4, -0.2) is 11.1 Å². The normalized spacial score (nSPS) is 17.4. The van der Waals surface area contributed by atoms with Gasteiger partial charge in [-0.05, 0) is 30.5 Å². The molecule has 0 unspecified atom stereocenters. The Labute approximate surface area is 86.7 Å².